The Hall–Kier alpha value is -0.120. The molecule has 0 aliphatic carbocycles. The summed E-state index contributed by atoms with van der Waals surface area (Å²) in [4.78, 5) is 0. The van der Waals surface area contributed by atoms with Crippen molar-refractivity contribution in [3.05, 3.63) is 0 Å². The minimum atomic E-state index is -0.637. The van der Waals surface area contributed by atoms with Crippen molar-refractivity contribution in [1.29, 1.82) is 0 Å². The monoisotopic (exact) mass is 189 g/mol. The van der Waals surface area contributed by atoms with Gasteiger partial charge >= 0.3 is 0 Å². The molecule has 3 nitrogen and oxygen atoms in total. The molecule has 13 heavy (non-hydrogen) atoms. The van der Waals surface area contributed by atoms with Crippen LogP contribution in [0, 0.1) is 0 Å². The fourth-order valence-electron chi connectivity index (χ4n) is 0.824. The number of hydrogen-bond acceptors (Lipinski definition) is 3. The number of ether oxygens (including phenoxy) is 1. The third-order valence-electron chi connectivity index (χ3n) is 1.37. The molecule has 0 spiro atoms. The molecular formula is C10H23NO2. The van der Waals surface area contributed by atoms with Crippen LogP contribution in [-0.4, -0.2) is 36.0 Å². The van der Waals surface area contributed by atoms with Crippen molar-refractivity contribution in [2.24, 2.45) is 0 Å². The van der Waals surface area contributed by atoms with Crippen molar-refractivity contribution >= 4 is 0 Å². The molecule has 0 fully saturated rings. The van der Waals surface area contributed by atoms with Gasteiger partial charge in [-0.15, -0.1) is 0 Å². The summed E-state index contributed by atoms with van der Waals surface area (Å²) < 4.78 is 5.50. The van der Waals surface area contributed by atoms with Crippen LogP contribution in [0.25, 0.3) is 0 Å². The van der Waals surface area contributed by atoms with Crippen LogP contribution in [0.15, 0.2) is 0 Å². The first-order valence-corrected chi connectivity index (χ1v) is 4.78. The van der Waals surface area contributed by atoms with Crippen LogP contribution in [0.1, 0.15) is 34.6 Å². The van der Waals surface area contributed by atoms with Crippen molar-refractivity contribution in [3.63, 3.8) is 0 Å². The minimum Gasteiger partial charge on any atom is -0.389 e. The van der Waals surface area contributed by atoms with E-state index >= 15 is 0 Å². The lowest BCUT2D eigenvalue weighted by Crippen LogP contribution is -2.37. The Morgan fingerprint density at radius 2 is 1.69 bits per heavy atom. The zero-order valence-corrected chi connectivity index (χ0v) is 9.48. The van der Waals surface area contributed by atoms with E-state index in [4.69, 9.17) is 4.74 Å². The molecule has 0 aromatic carbocycles. The van der Waals surface area contributed by atoms with Crippen LogP contribution in [0.3, 0.4) is 0 Å². The van der Waals surface area contributed by atoms with Gasteiger partial charge in [0.2, 0.25) is 0 Å². The van der Waals surface area contributed by atoms with E-state index in [1.54, 1.807) is 13.8 Å². The number of rotatable bonds is 5. The quantitative estimate of drug-likeness (QED) is 0.638. The maximum absolute atomic E-state index is 9.37. The molecule has 0 saturated heterocycles. The molecule has 2 N–H and O–H groups in total. The lowest BCUT2D eigenvalue weighted by molar-refractivity contribution is -0.00307. The molecular weight excluding hydrogens is 166 g/mol. The lowest BCUT2D eigenvalue weighted by atomic mass is 10.1. The number of hydrogen-bond donors (Lipinski definition) is 2. The van der Waals surface area contributed by atoms with Crippen molar-refractivity contribution in [2.45, 2.75) is 45.8 Å². The average Bonchev–Trinajstić information content (AvgIpc) is 1.81. The summed E-state index contributed by atoms with van der Waals surface area (Å²) >= 11 is 0. The highest BCUT2D eigenvalue weighted by atomic mass is 16.5. The van der Waals surface area contributed by atoms with Gasteiger partial charge in [-0.05, 0) is 34.6 Å². The van der Waals surface area contributed by atoms with E-state index in [0.717, 1.165) is 6.54 Å². The summed E-state index contributed by atoms with van der Waals surface area (Å²) in [5, 5.41) is 12.5. The molecule has 0 aromatic rings. The fraction of sp³-hybridized carbons (Fsp3) is 1.00. The lowest BCUT2D eigenvalue weighted by Gasteiger charge is -2.21. The second kappa shape index (κ2) is 4.94. The van der Waals surface area contributed by atoms with Crippen LogP contribution >= 0.6 is 0 Å². The van der Waals surface area contributed by atoms with Gasteiger partial charge in [0, 0.05) is 13.1 Å². The molecule has 0 heterocycles. The number of aliphatic hydroxyl groups is 1. The van der Waals surface area contributed by atoms with E-state index in [9.17, 15) is 5.11 Å². The van der Waals surface area contributed by atoms with Gasteiger partial charge in [-0.2, -0.15) is 0 Å². The Labute approximate surface area is 81.5 Å². The molecule has 0 amide bonds. The fourth-order valence-corrected chi connectivity index (χ4v) is 0.824. The van der Waals surface area contributed by atoms with Crippen LogP contribution in [-0.2, 0) is 4.74 Å². The van der Waals surface area contributed by atoms with Crippen LogP contribution < -0.4 is 5.32 Å². The molecule has 0 radical (unpaired) electrons. The summed E-state index contributed by atoms with van der Waals surface area (Å²) in [6, 6.07) is 0. The molecule has 80 valence electrons. The van der Waals surface area contributed by atoms with Crippen molar-refractivity contribution in [2.75, 3.05) is 19.7 Å². The van der Waals surface area contributed by atoms with Crippen molar-refractivity contribution in [1.82, 2.24) is 5.32 Å². The maximum atomic E-state index is 9.37. The Kier molecular flexibility index (Phi) is 4.89. The Morgan fingerprint density at radius 3 is 2.08 bits per heavy atom. The SMILES string of the molecule is CC(C)(O)CNCCOC(C)(C)C. The molecule has 0 rings (SSSR count). The molecule has 0 unspecified atom stereocenters. The second-order valence-corrected chi connectivity index (χ2v) is 4.95. The van der Waals surface area contributed by atoms with Gasteiger partial charge in [-0.25, -0.2) is 0 Å². The van der Waals surface area contributed by atoms with E-state index in [-0.39, 0.29) is 5.60 Å². The topological polar surface area (TPSA) is 41.5 Å². The molecule has 0 saturated carbocycles. The van der Waals surface area contributed by atoms with E-state index in [1.807, 2.05) is 20.8 Å². The van der Waals surface area contributed by atoms with Crippen LogP contribution in [0.2, 0.25) is 0 Å². The summed E-state index contributed by atoms with van der Waals surface area (Å²) in [6.45, 7) is 11.7. The molecule has 0 aliphatic rings. The predicted octanol–water partition coefficient (Wildman–Crippen LogP) is 1.16. The minimum absolute atomic E-state index is 0.0730. The normalized spacial score (nSPS) is 13.4. The van der Waals surface area contributed by atoms with E-state index in [0.29, 0.717) is 13.2 Å². The van der Waals surface area contributed by atoms with Gasteiger partial charge in [-0.1, -0.05) is 0 Å². The molecule has 0 bridgehead atoms. The largest absolute Gasteiger partial charge is 0.389 e. The van der Waals surface area contributed by atoms with Gasteiger partial charge < -0.3 is 15.2 Å². The third kappa shape index (κ3) is 11.9. The summed E-state index contributed by atoms with van der Waals surface area (Å²) in [5.74, 6) is 0. The zero-order valence-electron chi connectivity index (χ0n) is 9.48. The van der Waals surface area contributed by atoms with Gasteiger partial charge in [0.05, 0.1) is 17.8 Å². The highest BCUT2D eigenvalue weighted by Crippen LogP contribution is 2.05. The molecule has 0 aromatic heterocycles. The second-order valence-electron chi connectivity index (χ2n) is 4.95. The Morgan fingerprint density at radius 1 is 1.15 bits per heavy atom. The van der Waals surface area contributed by atoms with Gasteiger partial charge in [0.15, 0.2) is 0 Å². The van der Waals surface area contributed by atoms with Crippen LogP contribution in [0.5, 0.6) is 0 Å². The maximum Gasteiger partial charge on any atom is 0.0715 e. The van der Waals surface area contributed by atoms with Crippen LogP contribution in [0.4, 0.5) is 0 Å². The van der Waals surface area contributed by atoms with Gasteiger partial charge in [0.1, 0.15) is 0 Å². The van der Waals surface area contributed by atoms with Crippen molar-refractivity contribution < 1.29 is 9.84 Å². The summed E-state index contributed by atoms with van der Waals surface area (Å²) in [6.07, 6.45) is 0. The predicted molar refractivity (Wildman–Crippen MR) is 54.9 cm³/mol. The number of nitrogens with one attached hydrogen (secondary N) is 1. The average molecular weight is 189 g/mol. The first-order valence-electron chi connectivity index (χ1n) is 4.78. The molecule has 0 atom stereocenters. The van der Waals surface area contributed by atoms with E-state index in [2.05, 4.69) is 5.32 Å². The molecule has 3 heteroatoms. The zero-order chi connectivity index (χ0) is 10.5. The van der Waals surface area contributed by atoms with E-state index in [1.165, 1.54) is 0 Å². The van der Waals surface area contributed by atoms with Crippen molar-refractivity contribution in [3.8, 4) is 0 Å². The first-order chi connectivity index (χ1) is 5.71. The molecule has 0 aliphatic heterocycles. The summed E-state index contributed by atoms with van der Waals surface area (Å²) in [7, 11) is 0. The first kappa shape index (κ1) is 12.9. The smallest absolute Gasteiger partial charge is 0.0715 e. The Bertz CT molecular complexity index is 117. The highest BCUT2D eigenvalue weighted by molar-refractivity contribution is 4.68. The Balaban J connectivity index is 3.28. The highest BCUT2D eigenvalue weighted by Gasteiger charge is 2.12. The standard InChI is InChI=1S/C10H23NO2/c1-9(2,3)13-7-6-11-8-10(4,5)12/h11-12H,6-8H2,1-5H3. The van der Waals surface area contributed by atoms with Gasteiger partial charge in [-0.3, -0.25) is 0 Å². The summed E-state index contributed by atoms with van der Waals surface area (Å²) in [5.41, 5.74) is -0.710. The van der Waals surface area contributed by atoms with Gasteiger partial charge in [0.25, 0.3) is 0 Å². The third-order valence-corrected chi connectivity index (χ3v) is 1.37. The van der Waals surface area contributed by atoms with E-state index < -0.39 is 5.60 Å².